The van der Waals surface area contributed by atoms with E-state index in [1.807, 2.05) is 0 Å². The maximum Gasteiger partial charge on any atom is 0.515 e. The van der Waals surface area contributed by atoms with Gasteiger partial charge in [-0.1, -0.05) is 6.08 Å². The van der Waals surface area contributed by atoms with E-state index in [-0.39, 0.29) is 12.3 Å². The molecule has 1 unspecified atom stereocenters. The molecule has 0 heterocycles. The minimum Gasteiger partial charge on any atom is -0.453 e. The number of likely N-dealkylation sites (N-methyl/N-ethyl adjacent to an activating group) is 1. The van der Waals surface area contributed by atoms with E-state index >= 15 is 0 Å². The molecule has 0 aliphatic rings. The number of carbonyl (C=O) groups is 4. The lowest BCUT2D eigenvalue weighted by atomic mass is 10.1. The zero-order chi connectivity index (χ0) is 17.1. The van der Waals surface area contributed by atoms with Crippen molar-refractivity contribution < 1.29 is 33.4 Å². The number of ether oxygens (including phenoxy) is 3. The molecule has 0 saturated heterocycles. The predicted octanol–water partition coefficient (Wildman–Crippen LogP) is 0.445. The van der Waals surface area contributed by atoms with Crippen LogP contribution >= 0.6 is 0 Å². The summed E-state index contributed by atoms with van der Waals surface area (Å²) >= 11 is 0. The van der Waals surface area contributed by atoms with E-state index in [9.17, 15) is 19.2 Å². The average molecular weight is 316 g/mol. The third-order valence-corrected chi connectivity index (χ3v) is 2.44. The van der Waals surface area contributed by atoms with Gasteiger partial charge in [0.25, 0.3) is 0 Å². The fourth-order valence-electron chi connectivity index (χ4n) is 1.24. The molecule has 0 bridgehead atoms. The van der Waals surface area contributed by atoms with Gasteiger partial charge in [-0.2, -0.15) is 0 Å². The quantitative estimate of drug-likeness (QED) is 0.430. The van der Waals surface area contributed by atoms with E-state index in [1.54, 1.807) is 20.2 Å². The van der Waals surface area contributed by atoms with Gasteiger partial charge in [-0.15, -0.1) is 0 Å². The summed E-state index contributed by atoms with van der Waals surface area (Å²) in [5, 5.41) is 2.23. The first-order valence-electron chi connectivity index (χ1n) is 6.33. The third-order valence-electron chi connectivity index (χ3n) is 2.44. The number of nitrogens with zero attached hydrogens (tertiary/aromatic N) is 1. The first-order chi connectivity index (χ1) is 10.3. The number of alkyl carbamates (subject to hydrolysis) is 1. The Morgan fingerprint density at radius 2 is 1.77 bits per heavy atom. The number of hydrogen-bond donors (Lipinski definition) is 1. The second kappa shape index (κ2) is 10.2. The number of esters is 1. The van der Waals surface area contributed by atoms with E-state index in [0.29, 0.717) is 6.42 Å². The van der Waals surface area contributed by atoms with Crippen molar-refractivity contribution in [3.05, 3.63) is 12.2 Å². The van der Waals surface area contributed by atoms with Crippen LogP contribution in [-0.4, -0.2) is 63.4 Å². The van der Waals surface area contributed by atoms with Gasteiger partial charge in [-0.25, -0.2) is 14.4 Å². The van der Waals surface area contributed by atoms with Crippen molar-refractivity contribution in [3.63, 3.8) is 0 Å². The van der Waals surface area contributed by atoms with Crippen molar-refractivity contribution in [2.45, 2.75) is 18.9 Å². The smallest absolute Gasteiger partial charge is 0.453 e. The SMILES string of the molecule is COC(=O)NC(CC/C=C/C(=O)N(C)C)C(=O)OC(=O)OC. The predicted molar refractivity (Wildman–Crippen MR) is 74.9 cm³/mol. The number of methoxy groups -OCH3 is 2. The third kappa shape index (κ3) is 7.88. The van der Waals surface area contributed by atoms with Gasteiger partial charge in [0.15, 0.2) is 0 Å². The summed E-state index contributed by atoms with van der Waals surface area (Å²) in [4.78, 5) is 46.5. The second-order valence-electron chi connectivity index (χ2n) is 4.28. The molecule has 0 rings (SSSR count). The van der Waals surface area contributed by atoms with Crippen LogP contribution in [0.1, 0.15) is 12.8 Å². The summed E-state index contributed by atoms with van der Waals surface area (Å²) < 4.78 is 12.9. The standard InChI is InChI=1S/C13H20N2O7/c1-15(2)10(16)8-6-5-7-9(14-12(18)20-3)11(17)22-13(19)21-4/h6,8-9H,5,7H2,1-4H3,(H,14,18)/b8-6+. The molecule has 9 heteroatoms. The Kier molecular flexibility index (Phi) is 9.00. The fraction of sp³-hybridized carbons (Fsp3) is 0.538. The Labute approximate surface area is 128 Å². The zero-order valence-corrected chi connectivity index (χ0v) is 13.0. The number of allylic oxidation sites excluding steroid dienone is 1. The lowest BCUT2D eigenvalue weighted by Crippen LogP contribution is -2.42. The normalized spacial score (nSPS) is 11.5. The van der Waals surface area contributed by atoms with Crippen LogP contribution in [0.2, 0.25) is 0 Å². The molecule has 0 aromatic rings. The van der Waals surface area contributed by atoms with Crippen LogP contribution in [0.15, 0.2) is 12.2 Å². The lowest BCUT2D eigenvalue weighted by molar-refractivity contribution is -0.141. The molecule has 0 radical (unpaired) electrons. The fourth-order valence-corrected chi connectivity index (χ4v) is 1.24. The van der Waals surface area contributed by atoms with Crippen LogP contribution < -0.4 is 5.32 Å². The Hall–Kier alpha value is -2.58. The summed E-state index contributed by atoms with van der Waals surface area (Å²) in [5.74, 6) is -1.20. The van der Waals surface area contributed by atoms with Crippen molar-refractivity contribution in [2.75, 3.05) is 28.3 Å². The monoisotopic (exact) mass is 316 g/mol. The first kappa shape index (κ1) is 19.4. The summed E-state index contributed by atoms with van der Waals surface area (Å²) in [6.45, 7) is 0. The highest BCUT2D eigenvalue weighted by Gasteiger charge is 2.24. The van der Waals surface area contributed by atoms with E-state index < -0.39 is 24.3 Å². The highest BCUT2D eigenvalue weighted by Crippen LogP contribution is 2.03. The van der Waals surface area contributed by atoms with Crippen LogP contribution in [0.5, 0.6) is 0 Å². The minimum absolute atomic E-state index is 0.113. The van der Waals surface area contributed by atoms with E-state index in [4.69, 9.17) is 0 Å². The van der Waals surface area contributed by atoms with Crippen molar-refractivity contribution in [1.82, 2.24) is 10.2 Å². The first-order valence-corrected chi connectivity index (χ1v) is 6.33. The molecule has 0 aliphatic heterocycles. The molecule has 0 fully saturated rings. The van der Waals surface area contributed by atoms with Crippen LogP contribution in [0.4, 0.5) is 9.59 Å². The average Bonchev–Trinajstić information content (AvgIpc) is 2.48. The largest absolute Gasteiger partial charge is 0.515 e. The van der Waals surface area contributed by atoms with E-state index in [1.165, 1.54) is 11.0 Å². The van der Waals surface area contributed by atoms with Gasteiger partial charge in [0.2, 0.25) is 5.91 Å². The number of rotatable bonds is 6. The molecule has 0 aliphatic carbocycles. The maximum atomic E-state index is 11.7. The van der Waals surface area contributed by atoms with Crippen molar-refractivity contribution >= 4 is 24.1 Å². The van der Waals surface area contributed by atoms with Crippen LogP contribution in [-0.2, 0) is 23.8 Å². The molecular weight excluding hydrogens is 296 g/mol. The second-order valence-corrected chi connectivity index (χ2v) is 4.28. The lowest BCUT2D eigenvalue weighted by Gasteiger charge is -2.14. The Bertz CT molecular complexity index is 446. The van der Waals surface area contributed by atoms with Gasteiger partial charge < -0.3 is 24.4 Å². The summed E-state index contributed by atoms with van der Waals surface area (Å²) in [7, 11) is 5.38. The molecule has 1 N–H and O–H groups in total. The zero-order valence-electron chi connectivity index (χ0n) is 13.0. The Morgan fingerprint density at radius 1 is 1.14 bits per heavy atom. The highest BCUT2D eigenvalue weighted by atomic mass is 16.7. The van der Waals surface area contributed by atoms with Gasteiger partial charge in [0.1, 0.15) is 6.04 Å². The van der Waals surface area contributed by atoms with Crippen molar-refractivity contribution in [1.29, 1.82) is 0 Å². The molecule has 22 heavy (non-hydrogen) atoms. The molecular formula is C13H20N2O7. The van der Waals surface area contributed by atoms with E-state index in [2.05, 4.69) is 19.5 Å². The van der Waals surface area contributed by atoms with Gasteiger partial charge in [-0.05, 0) is 18.9 Å². The van der Waals surface area contributed by atoms with Crippen molar-refractivity contribution in [3.8, 4) is 0 Å². The molecule has 0 saturated carbocycles. The van der Waals surface area contributed by atoms with Gasteiger partial charge >= 0.3 is 18.2 Å². The molecule has 1 atom stereocenters. The molecule has 0 spiro atoms. The number of carbonyl (C=O) groups excluding carboxylic acids is 4. The summed E-state index contributed by atoms with van der Waals surface area (Å²) in [5.41, 5.74) is 0. The summed E-state index contributed by atoms with van der Waals surface area (Å²) in [6.07, 6.45) is 1.26. The van der Waals surface area contributed by atoms with Crippen LogP contribution in [0, 0.1) is 0 Å². The Balaban J connectivity index is 4.60. The Morgan fingerprint density at radius 3 is 2.27 bits per heavy atom. The number of nitrogens with one attached hydrogen (secondary N) is 1. The molecule has 0 aromatic carbocycles. The number of amides is 2. The van der Waals surface area contributed by atoms with Crippen LogP contribution in [0.25, 0.3) is 0 Å². The maximum absolute atomic E-state index is 11.7. The topological polar surface area (TPSA) is 111 Å². The highest BCUT2D eigenvalue weighted by molar-refractivity contribution is 5.88. The molecule has 0 aromatic heterocycles. The van der Waals surface area contributed by atoms with Gasteiger partial charge in [0, 0.05) is 14.1 Å². The van der Waals surface area contributed by atoms with Gasteiger partial charge in [-0.3, -0.25) is 4.79 Å². The van der Waals surface area contributed by atoms with Crippen molar-refractivity contribution in [2.24, 2.45) is 0 Å². The summed E-state index contributed by atoms with van der Waals surface area (Å²) in [6, 6.07) is -1.11. The molecule has 2 amide bonds. The van der Waals surface area contributed by atoms with E-state index in [0.717, 1.165) is 14.2 Å². The molecule has 124 valence electrons. The number of hydrogen-bond acceptors (Lipinski definition) is 7. The van der Waals surface area contributed by atoms with Crippen LogP contribution in [0.3, 0.4) is 0 Å². The van der Waals surface area contributed by atoms with Gasteiger partial charge in [0.05, 0.1) is 14.2 Å². The molecule has 9 nitrogen and oxygen atoms in total. The minimum atomic E-state index is -1.18.